The van der Waals surface area contributed by atoms with Gasteiger partial charge in [0, 0.05) is 19.6 Å². The lowest BCUT2D eigenvalue weighted by Crippen LogP contribution is -2.26. The van der Waals surface area contributed by atoms with E-state index in [0.717, 1.165) is 0 Å². The minimum atomic E-state index is -0.466. The Bertz CT molecular complexity index is 783. The molecule has 0 atom stereocenters. The van der Waals surface area contributed by atoms with Crippen molar-refractivity contribution in [3.05, 3.63) is 0 Å². The third kappa shape index (κ3) is 46.0. The molecule has 3 N–H and O–H groups in total. The van der Waals surface area contributed by atoms with E-state index in [9.17, 15) is 14.4 Å². The Morgan fingerprint density at radius 1 is 0.400 bits per heavy atom. The summed E-state index contributed by atoms with van der Waals surface area (Å²) in [6.07, 6.45) is 0.758. The van der Waals surface area contributed by atoms with Crippen LogP contribution < -0.4 is 11.1 Å². The van der Waals surface area contributed by atoms with Gasteiger partial charge >= 0.3 is 17.9 Å². The molecule has 15 nitrogen and oxygen atoms in total. The lowest BCUT2D eigenvalue weighted by molar-refractivity contribution is -0.157. The van der Waals surface area contributed by atoms with Crippen LogP contribution in [0.3, 0.4) is 0 Å². The van der Waals surface area contributed by atoms with Gasteiger partial charge in [-0.15, -0.1) is 0 Å². The first kappa shape index (κ1) is 50.2. The zero-order valence-corrected chi connectivity index (χ0v) is 32.5. The fraction of sp³-hybridized carbons (Fsp3) is 0.914. The van der Waals surface area contributed by atoms with E-state index in [-0.39, 0.29) is 37.2 Å². The summed E-state index contributed by atoms with van der Waals surface area (Å²) in [5.74, 6) is -0.755. The molecule has 0 aromatic carbocycles. The van der Waals surface area contributed by atoms with E-state index in [1.165, 1.54) is 0 Å². The Labute approximate surface area is 301 Å². The van der Waals surface area contributed by atoms with Gasteiger partial charge in [-0.25, -0.2) is 0 Å². The fourth-order valence-corrected chi connectivity index (χ4v) is 3.33. The number of esters is 3. The molecule has 0 aromatic rings. The zero-order chi connectivity index (χ0) is 38.2. The van der Waals surface area contributed by atoms with Crippen LogP contribution in [0, 0.1) is 0 Å². The summed E-state index contributed by atoms with van der Waals surface area (Å²) in [5, 5.41) is 3.20. The van der Waals surface area contributed by atoms with Crippen LogP contribution in [0.15, 0.2) is 0 Å². The first-order valence-corrected chi connectivity index (χ1v) is 17.6. The van der Waals surface area contributed by atoms with Gasteiger partial charge in [-0.1, -0.05) is 0 Å². The molecule has 0 aliphatic rings. The highest BCUT2D eigenvalue weighted by Crippen LogP contribution is 2.09. The highest BCUT2D eigenvalue weighted by molar-refractivity contribution is 5.70. The smallest absolute Gasteiger partial charge is 0.308 e. The predicted octanol–water partition coefficient (Wildman–Crippen LogP) is 2.83. The number of carbonyl (C=O) groups excluding carboxylic acids is 3. The average Bonchev–Trinajstić information content (AvgIpc) is 2.97. The Balaban J connectivity index is 0. The molecule has 0 saturated heterocycles. The lowest BCUT2D eigenvalue weighted by Gasteiger charge is -2.19. The van der Waals surface area contributed by atoms with Crippen LogP contribution in [0.1, 0.15) is 81.6 Å². The van der Waals surface area contributed by atoms with Gasteiger partial charge in [0.15, 0.2) is 0 Å². The second-order valence-electron chi connectivity index (χ2n) is 13.8. The number of ether oxygens (including phenoxy) is 10. The van der Waals surface area contributed by atoms with Crippen LogP contribution in [0.2, 0.25) is 0 Å². The van der Waals surface area contributed by atoms with Gasteiger partial charge in [-0.05, 0) is 62.3 Å². The van der Waals surface area contributed by atoms with E-state index in [2.05, 4.69) is 5.32 Å². The molecule has 0 radical (unpaired) electrons. The van der Waals surface area contributed by atoms with E-state index < -0.39 is 16.8 Å². The summed E-state index contributed by atoms with van der Waals surface area (Å²) < 4.78 is 52.8. The molecule has 0 aliphatic heterocycles. The molecule has 50 heavy (non-hydrogen) atoms. The van der Waals surface area contributed by atoms with Crippen LogP contribution in [0.5, 0.6) is 0 Å². The van der Waals surface area contributed by atoms with Crippen molar-refractivity contribution in [1.82, 2.24) is 5.32 Å². The van der Waals surface area contributed by atoms with Gasteiger partial charge in [0.25, 0.3) is 0 Å². The normalized spacial score (nSPS) is 11.9. The van der Waals surface area contributed by atoms with E-state index in [4.69, 9.17) is 53.1 Å². The Kier molecular flexibility index (Phi) is 31.9. The van der Waals surface area contributed by atoms with Gasteiger partial charge in [0.2, 0.25) is 0 Å². The van der Waals surface area contributed by atoms with E-state index >= 15 is 0 Å². The van der Waals surface area contributed by atoms with Crippen LogP contribution in [-0.2, 0) is 61.8 Å². The van der Waals surface area contributed by atoms with Gasteiger partial charge in [0.05, 0.1) is 112 Å². The summed E-state index contributed by atoms with van der Waals surface area (Å²) in [5.41, 5.74) is 3.90. The van der Waals surface area contributed by atoms with Crippen molar-refractivity contribution in [3.8, 4) is 0 Å². The van der Waals surface area contributed by atoms with Crippen LogP contribution >= 0.6 is 0 Å². The van der Waals surface area contributed by atoms with Gasteiger partial charge in [0.1, 0.15) is 16.8 Å². The number of hydrogen-bond acceptors (Lipinski definition) is 15. The largest absolute Gasteiger partial charge is 0.460 e. The monoisotopic (exact) mass is 726 g/mol. The summed E-state index contributed by atoms with van der Waals surface area (Å²) >= 11 is 0. The van der Waals surface area contributed by atoms with Crippen molar-refractivity contribution in [1.29, 1.82) is 0 Å². The lowest BCUT2D eigenvalue weighted by atomic mass is 10.2. The van der Waals surface area contributed by atoms with Crippen molar-refractivity contribution in [2.24, 2.45) is 5.73 Å². The van der Waals surface area contributed by atoms with Gasteiger partial charge in [-0.3, -0.25) is 14.4 Å². The molecule has 0 fully saturated rings. The topological polar surface area (TPSA) is 182 Å². The molecule has 0 saturated carbocycles. The Morgan fingerprint density at radius 2 is 0.640 bits per heavy atom. The summed E-state index contributed by atoms with van der Waals surface area (Å²) in [6.45, 7) is 25.0. The average molecular weight is 727 g/mol. The van der Waals surface area contributed by atoms with Gasteiger partial charge < -0.3 is 58.4 Å². The number of nitrogens with two attached hydrogens (primary N) is 1. The minimum absolute atomic E-state index is 0.238. The Hall–Kier alpha value is -1.95. The fourth-order valence-electron chi connectivity index (χ4n) is 3.33. The van der Waals surface area contributed by atoms with Gasteiger partial charge in [-0.2, -0.15) is 0 Å². The molecule has 0 aliphatic carbocycles. The number of rotatable bonds is 29. The molecule has 0 unspecified atom stereocenters. The summed E-state index contributed by atoms with van der Waals surface area (Å²) in [7, 11) is 0. The van der Waals surface area contributed by atoms with Crippen LogP contribution in [0.25, 0.3) is 0 Å². The summed E-state index contributed by atoms with van der Waals surface area (Å²) in [4.78, 5) is 34.3. The van der Waals surface area contributed by atoms with Crippen molar-refractivity contribution >= 4 is 17.9 Å². The predicted molar refractivity (Wildman–Crippen MR) is 189 cm³/mol. The zero-order valence-electron chi connectivity index (χ0n) is 32.5. The molecular weight excluding hydrogens is 656 g/mol. The third-order valence-electron chi connectivity index (χ3n) is 5.21. The number of nitrogens with one attached hydrogen (secondary N) is 1. The minimum Gasteiger partial charge on any atom is -0.460 e. The quantitative estimate of drug-likeness (QED) is 0.0652. The second-order valence-corrected chi connectivity index (χ2v) is 13.8. The molecule has 0 spiro atoms. The van der Waals surface area contributed by atoms with Crippen molar-refractivity contribution < 1.29 is 61.8 Å². The van der Waals surface area contributed by atoms with E-state index in [0.29, 0.717) is 112 Å². The van der Waals surface area contributed by atoms with E-state index in [1.54, 1.807) is 0 Å². The molecule has 0 amide bonds. The third-order valence-corrected chi connectivity index (χ3v) is 5.21. The maximum atomic E-state index is 11.5. The molecule has 0 heterocycles. The second kappa shape index (κ2) is 31.8. The SMILES string of the molecule is CC(C)(C)OC(=O)CCOCCNCCOCCOCCOCCC(=O)OC(C)(C)C.CC(C)(C)OC(=O)CCOCCOCCOCCN. The maximum absolute atomic E-state index is 11.5. The molecule has 298 valence electrons. The van der Waals surface area contributed by atoms with Crippen LogP contribution in [0.4, 0.5) is 0 Å². The number of hydrogen-bond donors (Lipinski definition) is 2. The van der Waals surface area contributed by atoms with Crippen molar-refractivity contribution in [3.63, 3.8) is 0 Å². The first-order valence-electron chi connectivity index (χ1n) is 17.6. The van der Waals surface area contributed by atoms with Crippen LogP contribution in [-0.4, -0.2) is 147 Å². The van der Waals surface area contributed by atoms with Crippen molar-refractivity contribution in [2.45, 2.75) is 98.4 Å². The standard InChI is InChI=1S/C22H43NO8.C13H27NO5/c1-21(2,3)30-19(24)7-11-26-13-9-23-10-14-28-16-18-29-17-15-27-12-8-20(25)31-22(4,5)6;1-13(2,3)19-12(15)4-6-16-8-10-18-11-9-17-7-5-14/h23H,7-18H2,1-6H3;4-11,14H2,1-3H3. The molecule has 0 aromatic heterocycles. The maximum Gasteiger partial charge on any atom is 0.308 e. The highest BCUT2D eigenvalue weighted by Gasteiger charge is 2.17. The molecule has 15 heteroatoms. The van der Waals surface area contributed by atoms with E-state index in [1.807, 2.05) is 62.3 Å². The molecular formula is C35H70N2O13. The highest BCUT2D eigenvalue weighted by atomic mass is 16.6. The number of carbonyl (C=O) groups is 3. The molecule has 0 rings (SSSR count). The Morgan fingerprint density at radius 3 is 0.920 bits per heavy atom. The first-order chi connectivity index (χ1) is 23.4. The van der Waals surface area contributed by atoms with Crippen molar-refractivity contribution in [2.75, 3.05) is 112 Å². The summed E-state index contributed by atoms with van der Waals surface area (Å²) in [6, 6.07) is 0. The molecule has 0 bridgehead atoms.